The van der Waals surface area contributed by atoms with Gasteiger partial charge in [0.05, 0.1) is 29.1 Å². The highest BCUT2D eigenvalue weighted by atomic mass is 32.2. The van der Waals surface area contributed by atoms with Gasteiger partial charge in [0.2, 0.25) is 0 Å². The molecular weight excluding hydrogens is 368 g/mol. The average Bonchev–Trinajstić information content (AvgIpc) is 3.09. The number of hydrogen-bond donors (Lipinski definition) is 2. The van der Waals surface area contributed by atoms with E-state index in [1.165, 1.54) is 31.6 Å². The first-order valence-corrected chi connectivity index (χ1v) is 9.70. The van der Waals surface area contributed by atoms with Gasteiger partial charge in [0, 0.05) is 18.7 Å². The Bertz CT molecular complexity index is 1140. The highest BCUT2D eigenvalue weighted by molar-refractivity contribution is 7.90. The second-order valence-electron chi connectivity index (χ2n) is 6.56. The number of nitrogens with zero attached hydrogens (tertiary/aromatic N) is 2. The fraction of sp³-hybridized carbons (Fsp3) is 0.222. The number of aromatic nitrogens is 2. The van der Waals surface area contributed by atoms with Gasteiger partial charge in [-0.1, -0.05) is 18.2 Å². The van der Waals surface area contributed by atoms with Gasteiger partial charge in [-0.2, -0.15) is 0 Å². The molecule has 2 N–H and O–H groups in total. The Morgan fingerprint density at radius 2 is 1.96 bits per heavy atom. The number of carbonyl (C=O) groups is 1. The molecule has 3 aromatic rings. The van der Waals surface area contributed by atoms with Gasteiger partial charge < -0.3 is 15.4 Å². The number of hydrogen-bond acceptors (Lipinski definition) is 6. The highest BCUT2D eigenvalue weighted by Crippen LogP contribution is 2.37. The lowest BCUT2D eigenvalue weighted by molar-refractivity contribution is -0.121. The fourth-order valence-corrected chi connectivity index (χ4v) is 4.50. The topological polar surface area (TPSA) is 102 Å². The van der Waals surface area contributed by atoms with E-state index < -0.39 is 15.6 Å². The van der Waals surface area contributed by atoms with E-state index in [0.717, 1.165) is 3.97 Å². The molecule has 0 saturated heterocycles. The van der Waals surface area contributed by atoms with Gasteiger partial charge in [-0.3, -0.25) is 4.79 Å². The molecule has 1 aromatic carbocycles. The van der Waals surface area contributed by atoms with Crippen molar-refractivity contribution in [2.45, 2.75) is 17.4 Å². The molecule has 1 unspecified atom stereocenters. The number of amides is 1. The Morgan fingerprint density at radius 1 is 1.22 bits per heavy atom. The van der Waals surface area contributed by atoms with Crippen LogP contribution in [-0.4, -0.2) is 42.5 Å². The maximum Gasteiger partial charge on any atom is 0.269 e. The minimum atomic E-state index is -3.78. The number of rotatable bonds is 4. The van der Waals surface area contributed by atoms with Crippen LogP contribution in [0, 0.1) is 0 Å². The zero-order valence-electron chi connectivity index (χ0n) is 14.8. The molecular formula is C18H18N4O4S. The fourth-order valence-electron chi connectivity index (χ4n) is 3.18. The van der Waals surface area contributed by atoms with Gasteiger partial charge >= 0.3 is 0 Å². The maximum absolute atomic E-state index is 13.0. The van der Waals surface area contributed by atoms with Crippen molar-refractivity contribution in [3.63, 3.8) is 0 Å². The normalized spacial score (nSPS) is 19.4. The van der Waals surface area contributed by atoms with Gasteiger partial charge in [0.15, 0.2) is 5.65 Å². The molecule has 1 atom stereocenters. The standard InChI is InChI=1S/C18H18N4O4S/c1-18(11-26-2)17(23)20-14-10-19-16-13(15(14)21-18)8-9-22(16)27(24,25)12-6-4-3-5-7-12/h3-10,21H,11H2,1-2H3,(H,20,23). The molecule has 0 fully saturated rings. The number of anilines is 2. The number of ether oxygens (including phenoxy) is 1. The molecule has 27 heavy (non-hydrogen) atoms. The number of nitrogens with one attached hydrogen (secondary N) is 2. The van der Waals surface area contributed by atoms with E-state index in [1.54, 1.807) is 31.2 Å². The second kappa shape index (κ2) is 6.07. The summed E-state index contributed by atoms with van der Waals surface area (Å²) in [5, 5.41) is 6.58. The van der Waals surface area contributed by atoms with E-state index in [9.17, 15) is 13.2 Å². The molecule has 4 rings (SSSR count). The van der Waals surface area contributed by atoms with Crippen LogP contribution in [0.15, 0.2) is 53.7 Å². The Hall–Kier alpha value is -2.91. The SMILES string of the molecule is COCC1(C)Nc2c(cnc3c2ccn3S(=O)(=O)c2ccccc2)NC1=O. The summed E-state index contributed by atoms with van der Waals surface area (Å²) in [7, 11) is -2.27. The molecule has 1 amide bonds. The largest absolute Gasteiger partial charge is 0.382 e. The van der Waals surface area contributed by atoms with E-state index in [2.05, 4.69) is 15.6 Å². The molecule has 0 saturated carbocycles. The van der Waals surface area contributed by atoms with Gasteiger partial charge in [0.25, 0.3) is 15.9 Å². The molecule has 1 aliphatic rings. The molecule has 140 valence electrons. The number of pyridine rings is 1. The summed E-state index contributed by atoms with van der Waals surface area (Å²) in [6.45, 7) is 1.88. The third-order valence-electron chi connectivity index (χ3n) is 4.56. The molecule has 8 nitrogen and oxygen atoms in total. The van der Waals surface area contributed by atoms with Gasteiger partial charge in [0.1, 0.15) is 5.54 Å². The summed E-state index contributed by atoms with van der Waals surface area (Å²) in [6, 6.07) is 9.83. The van der Waals surface area contributed by atoms with Crippen molar-refractivity contribution in [3.05, 3.63) is 48.8 Å². The third-order valence-corrected chi connectivity index (χ3v) is 6.24. The third kappa shape index (κ3) is 2.66. The lowest BCUT2D eigenvalue weighted by Gasteiger charge is -2.35. The van der Waals surface area contributed by atoms with E-state index in [-0.39, 0.29) is 23.1 Å². The van der Waals surface area contributed by atoms with Crippen molar-refractivity contribution in [3.8, 4) is 0 Å². The predicted octanol–water partition coefficient (Wildman–Crippen LogP) is 2.04. The molecule has 2 aromatic heterocycles. The first-order valence-electron chi connectivity index (χ1n) is 8.26. The van der Waals surface area contributed by atoms with Gasteiger partial charge in [-0.05, 0) is 25.1 Å². The quantitative estimate of drug-likeness (QED) is 0.711. The molecule has 3 heterocycles. The monoisotopic (exact) mass is 386 g/mol. The summed E-state index contributed by atoms with van der Waals surface area (Å²) in [4.78, 5) is 16.8. The minimum absolute atomic E-state index is 0.158. The minimum Gasteiger partial charge on any atom is -0.382 e. The summed E-state index contributed by atoms with van der Waals surface area (Å²) < 4.78 is 32.2. The van der Waals surface area contributed by atoms with Crippen LogP contribution in [0.3, 0.4) is 0 Å². The van der Waals surface area contributed by atoms with Gasteiger partial charge in [-0.25, -0.2) is 17.4 Å². The predicted molar refractivity (Wildman–Crippen MR) is 101 cm³/mol. The van der Waals surface area contributed by atoms with Crippen LogP contribution < -0.4 is 10.6 Å². The van der Waals surface area contributed by atoms with Crippen LogP contribution in [-0.2, 0) is 19.6 Å². The average molecular weight is 386 g/mol. The van der Waals surface area contributed by atoms with Crippen LogP contribution in [0.4, 0.5) is 11.4 Å². The summed E-state index contributed by atoms with van der Waals surface area (Å²) in [5.74, 6) is -0.241. The zero-order valence-corrected chi connectivity index (χ0v) is 15.6. The molecule has 1 aliphatic heterocycles. The Kier molecular flexibility index (Phi) is 3.93. The Balaban J connectivity index is 1.87. The Labute approximate surface area is 156 Å². The number of fused-ring (bicyclic) bond motifs is 3. The van der Waals surface area contributed by atoms with Crippen molar-refractivity contribution in [1.82, 2.24) is 8.96 Å². The van der Waals surface area contributed by atoms with E-state index in [4.69, 9.17) is 4.74 Å². The molecule has 0 spiro atoms. The van der Waals surface area contributed by atoms with Crippen molar-refractivity contribution >= 4 is 38.3 Å². The van der Waals surface area contributed by atoms with Crippen molar-refractivity contribution in [2.75, 3.05) is 24.4 Å². The zero-order chi connectivity index (χ0) is 19.2. The second-order valence-corrected chi connectivity index (χ2v) is 8.37. The van der Waals surface area contributed by atoms with Crippen LogP contribution in [0.25, 0.3) is 11.0 Å². The summed E-state index contributed by atoms with van der Waals surface area (Å²) in [6.07, 6.45) is 2.91. The molecule has 0 radical (unpaired) electrons. The smallest absolute Gasteiger partial charge is 0.269 e. The van der Waals surface area contributed by atoms with Crippen molar-refractivity contribution in [2.24, 2.45) is 0 Å². The first kappa shape index (κ1) is 17.5. The number of carbonyl (C=O) groups excluding carboxylic acids is 1. The molecule has 0 bridgehead atoms. The van der Waals surface area contributed by atoms with Crippen LogP contribution in [0.2, 0.25) is 0 Å². The highest BCUT2D eigenvalue weighted by Gasteiger charge is 2.39. The number of benzene rings is 1. The van der Waals surface area contributed by atoms with Crippen molar-refractivity contribution < 1.29 is 17.9 Å². The first-order chi connectivity index (χ1) is 12.9. The number of methoxy groups -OCH3 is 1. The molecule has 0 aliphatic carbocycles. The molecule has 9 heteroatoms. The summed E-state index contributed by atoms with van der Waals surface area (Å²) in [5.41, 5.74) is 0.411. The van der Waals surface area contributed by atoms with Crippen LogP contribution >= 0.6 is 0 Å². The van der Waals surface area contributed by atoms with Crippen LogP contribution in [0.1, 0.15) is 6.92 Å². The lowest BCUT2D eigenvalue weighted by Crippen LogP contribution is -2.53. The van der Waals surface area contributed by atoms with Gasteiger partial charge in [-0.15, -0.1) is 0 Å². The Morgan fingerprint density at radius 3 is 2.67 bits per heavy atom. The lowest BCUT2D eigenvalue weighted by atomic mass is 9.98. The van der Waals surface area contributed by atoms with E-state index >= 15 is 0 Å². The summed E-state index contributed by atoms with van der Waals surface area (Å²) >= 11 is 0. The maximum atomic E-state index is 13.0. The van der Waals surface area contributed by atoms with E-state index in [1.807, 2.05) is 0 Å². The van der Waals surface area contributed by atoms with E-state index in [0.29, 0.717) is 16.8 Å². The van der Waals surface area contributed by atoms with Crippen molar-refractivity contribution in [1.29, 1.82) is 0 Å². The van der Waals surface area contributed by atoms with Crippen LogP contribution in [0.5, 0.6) is 0 Å².